The smallest absolute Gasteiger partial charge is 0.0468 e. The Kier molecular flexibility index (Phi) is 11.1. The molecule has 1 aliphatic carbocycles. The minimum atomic E-state index is 1.07. The molecule has 0 radical (unpaired) electrons. The fraction of sp³-hybridized carbons (Fsp3) is 0.0286. The summed E-state index contributed by atoms with van der Waals surface area (Å²) in [6.45, 7) is 0. The first-order chi connectivity index (χ1) is 35.7. The Bertz CT molecular complexity index is 3990. The molecule has 2 nitrogen and oxygen atoms in total. The lowest BCUT2D eigenvalue weighted by Gasteiger charge is -2.28. The van der Waals surface area contributed by atoms with E-state index < -0.39 is 0 Å². The van der Waals surface area contributed by atoms with Crippen LogP contribution in [0.15, 0.2) is 279 Å². The molecule has 0 fully saturated rings. The van der Waals surface area contributed by atoms with Crippen LogP contribution in [0.3, 0.4) is 0 Å². The first kappa shape index (κ1) is 42.8. The average Bonchev–Trinajstić information content (AvgIpc) is 3.46. The van der Waals surface area contributed by atoms with E-state index in [4.69, 9.17) is 0 Å². The maximum absolute atomic E-state index is 2.45. The van der Waals surface area contributed by atoms with E-state index in [1.54, 1.807) is 0 Å². The van der Waals surface area contributed by atoms with Crippen molar-refractivity contribution in [1.29, 1.82) is 0 Å². The van der Waals surface area contributed by atoms with Gasteiger partial charge in [-0.15, -0.1) is 0 Å². The van der Waals surface area contributed by atoms with E-state index in [1.165, 1.54) is 87.6 Å². The lowest BCUT2D eigenvalue weighted by Crippen LogP contribution is -2.10. The van der Waals surface area contributed by atoms with Crippen molar-refractivity contribution in [3.63, 3.8) is 0 Å². The van der Waals surface area contributed by atoms with Gasteiger partial charge in [-0.25, -0.2) is 0 Å². The van der Waals surface area contributed by atoms with Gasteiger partial charge in [0.05, 0.1) is 0 Å². The Hall–Kier alpha value is -9.24. The second-order valence-corrected chi connectivity index (χ2v) is 18.7. The zero-order valence-electron chi connectivity index (χ0n) is 39.9. The molecular formula is C70H50N2. The van der Waals surface area contributed by atoms with E-state index in [2.05, 4.69) is 289 Å². The predicted molar refractivity (Wildman–Crippen MR) is 308 cm³/mol. The van der Waals surface area contributed by atoms with Crippen molar-refractivity contribution in [3.8, 4) is 33.4 Å². The van der Waals surface area contributed by atoms with Crippen molar-refractivity contribution in [2.75, 3.05) is 9.80 Å². The Morgan fingerprint density at radius 1 is 0.264 bits per heavy atom. The van der Waals surface area contributed by atoms with Crippen LogP contribution in [-0.2, 0) is 0 Å². The Labute approximate surface area is 421 Å². The maximum atomic E-state index is 2.45. The van der Waals surface area contributed by atoms with Crippen LogP contribution in [0.1, 0.15) is 18.4 Å². The van der Waals surface area contributed by atoms with Gasteiger partial charge in [-0.2, -0.15) is 0 Å². The van der Waals surface area contributed by atoms with Gasteiger partial charge in [0.15, 0.2) is 0 Å². The van der Waals surface area contributed by atoms with Crippen LogP contribution >= 0.6 is 0 Å². The molecule has 2 heteroatoms. The zero-order valence-corrected chi connectivity index (χ0v) is 39.9. The SMILES string of the molecule is C1=CC(c2ccc(N(c3ccccc3)c3ccc4c(-c5cccc6ccccc56)c5cc(N(c6ccccc6)c6ccc(-c7ccccc7)cc6)ccc5c(-c5cccc6ccccc56)c4c3)cc2)=CCC1. The molecule has 0 unspecified atom stereocenters. The number of hydrogen-bond acceptors (Lipinski definition) is 2. The molecule has 0 aromatic heterocycles. The van der Waals surface area contributed by atoms with Crippen LogP contribution in [0.2, 0.25) is 0 Å². The molecule has 0 atom stereocenters. The van der Waals surface area contributed by atoms with E-state index in [-0.39, 0.29) is 0 Å². The fourth-order valence-corrected chi connectivity index (χ4v) is 11.1. The monoisotopic (exact) mass is 918 g/mol. The van der Waals surface area contributed by atoms with Crippen molar-refractivity contribution in [2.24, 2.45) is 0 Å². The van der Waals surface area contributed by atoms with Crippen molar-refractivity contribution in [2.45, 2.75) is 12.8 Å². The third kappa shape index (κ3) is 7.80. The summed E-state index contributed by atoms with van der Waals surface area (Å²) in [5.74, 6) is 0. The minimum absolute atomic E-state index is 1.07. The highest BCUT2D eigenvalue weighted by molar-refractivity contribution is 6.26. The van der Waals surface area contributed by atoms with E-state index >= 15 is 0 Å². The summed E-state index contributed by atoms with van der Waals surface area (Å²) < 4.78 is 0. The number of anilines is 6. The van der Waals surface area contributed by atoms with Gasteiger partial charge < -0.3 is 9.80 Å². The zero-order chi connectivity index (χ0) is 47.8. The highest BCUT2D eigenvalue weighted by Gasteiger charge is 2.24. The summed E-state index contributed by atoms with van der Waals surface area (Å²) in [4.78, 5) is 4.81. The average molecular weight is 919 g/mol. The first-order valence-corrected chi connectivity index (χ1v) is 25.1. The molecule has 0 saturated heterocycles. The number of para-hydroxylation sites is 2. The molecular weight excluding hydrogens is 869 g/mol. The van der Waals surface area contributed by atoms with Gasteiger partial charge in [-0.1, -0.05) is 206 Å². The van der Waals surface area contributed by atoms with Gasteiger partial charge in [0.25, 0.3) is 0 Å². The molecule has 12 aromatic carbocycles. The molecule has 12 aromatic rings. The summed E-state index contributed by atoms with van der Waals surface area (Å²) >= 11 is 0. The Morgan fingerprint density at radius 2 is 0.667 bits per heavy atom. The van der Waals surface area contributed by atoms with Crippen LogP contribution in [0.25, 0.3) is 82.0 Å². The molecule has 0 amide bonds. The fourth-order valence-electron chi connectivity index (χ4n) is 11.1. The lowest BCUT2D eigenvalue weighted by atomic mass is 9.83. The normalized spacial score (nSPS) is 12.4. The number of nitrogens with zero attached hydrogens (tertiary/aromatic N) is 2. The predicted octanol–water partition coefficient (Wildman–Crippen LogP) is 20.0. The van der Waals surface area contributed by atoms with Gasteiger partial charge in [-0.3, -0.25) is 0 Å². The third-order valence-electron chi connectivity index (χ3n) is 14.4. The number of allylic oxidation sites excluding steroid dienone is 4. The second-order valence-electron chi connectivity index (χ2n) is 18.7. The van der Waals surface area contributed by atoms with Crippen LogP contribution in [0, 0.1) is 0 Å². The largest absolute Gasteiger partial charge is 0.310 e. The maximum Gasteiger partial charge on any atom is 0.0468 e. The molecule has 0 saturated carbocycles. The molecule has 0 spiro atoms. The summed E-state index contributed by atoms with van der Waals surface area (Å²) in [5, 5.41) is 9.64. The van der Waals surface area contributed by atoms with E-state index in [9.17, 15) is 0 Å². The summed E-state index contributed by atoms with van der Waals surface area (Å²) in [7, 11) is 0. The van der Waals surface area contributed by atoms with Gasteiger partial charge in [0, 0.05) is 34.1 Å². The molecule has 0 heterocycles. The van der Waals surface area contributed by atoms with E-state index in [0.717, 1.165) is 47.0 Å². The van der Waals surface area contributed by atoms with E-state index in [0.29, 0.717) is 0 Å². The number of fused-ring (bicyclic) bond motifs is 4. The van der Waals surface area contributed by atoms with E-state index in [1.807, 2.05) is 0 Å². The molecule has 0 N–H and O–H groups in total. The van der Waals surface area contributed by atoms with Crippen LogP contribution in [0.5, 0.6) is 0 Å². The Balaban J connectivity index is 1.10. The molecule has 72 heavy (non-hydrogen) atoms. The molecule has 340 valence electrons. The van der Waals surface area contributed by atoms with Gasteiger partial charge in [0.1, 0.15) is 0 Å². The number of rotatable bonds is 10. The van der Waals surface area contributed by atoms with Crippen molar-refractivity contribution in [3.05, 3.63) is 285 Å². The van der Waals surface area contributed by atoms with Crippen molar-refractivity contribution >= 4 is 82.8 Å². The third-order valence-corrected chi connectivity index (χ3v) is 14.4. The molecule has 1 aliphatic rings. The molecule has 13 rings (SSSR count). The quantitative estimate of drug-likeness (QED) is 0.126. The summed E-state index contributed by atoms with van der Waals surface area (Å²) in [5.41, 5.74) is 16.3. The lowest BCUT2D eigenvalue weighted by molar-refractivity contribution is 1.04. The highest BCUT2D eigenvalue weighted by Crippen LogP contribution is 2.50. The first-order valence-electron chi connectivity index (χ1n) is 25.1. The summed E-state index contributed by atoms with van der Waals surface area (Å²) in [6.07, 6.45) is 9.06. The van der Waals surface area contributed by atoms with Crippen molar-refractivity contribution in [1.82, 2.24) is 0 Å². The highest BCUT2D eigenvalue weighted by atomic mass is 15.1. The van der Waals surface area contributed by atoms with Gasteiger partial charge >= 0.3 is 0 Å². The van der Waals surface area contributed by atoms with Crippen molar-refractivity contribution < 1.29 is 0 Å². The van der Waals surface area contributed by atoms with Gasteiger partial charge in [-0.05, 0) is 173 Å². The number of benzene rings is 12. The van der Waals surface area contributed by atoms with Crippen LogP contribution in [0.4, 0.5) is 34.1 Å². The topological polar surface area (TPSA) is 6.48 Å². The molecule has 0 aliphatic heterocycles. The number of hydrogen-bond donors (Lipinski definition) is 0. The van der Waals surface area contributed by atoms with Crippen LogP contribution < -0.4 is 9.80 Å². The minimum Gasteiger partial charge on any atom is -0.310 e. The second kappa shape index (κ2) is 18.6. The van der Waals surface area contributed by atoms with Gasteiger partial charge in [0.2, 0.25) is 0 Å². The molecule has 0 bridgehead atoms. The Morgan fingerprint density at radius 3 is 1.15 bits per heavy atom. The van der Waals surface area contributed by atoms with Crippen LogP contribution in [-0.4, -0.2) is 0 Å². The standard InChI is InChI=1S/C70H50N2/c1-5-19-49(20-6-1)51-35-39-57(40-36-51)71(55-27-9-3-10-28-55)59-43-45-65-67(47-59)69(63-33-17-25-53-23-13-15-31-61(53)63)66-46-44-60(48-68(66)70(65)64-34-18-26-54-24-14-16-32-62(54)64)72(56-29-11-4-12-30-56)58-41-37-52(38-42-58)50-21-7-2-8-22-50/h1,3-7,9-48H,2,8H2. The summed E-state index contributed by atoms with van der Waals surface area (Å²) in [6, 6.07) is 95.8.